The van der Waals surface area contributed by atoms with E-state index in [0.717, 1.165) is 5.69 Å². The van der Waals surface area contributed by atoms with Gasteiger partial charge in [-0.25, -0.2) is 0 Å². The third-order valence-corrected chi connectivity index (χ3v) is 4.22. The number of rotatable bonds is 3. The molecule has 1 heterocycles. The van der Waals surface area contributed by atoms with Gasteiger partial charge in [-0.15, -0.1) is 0 Å². The summed E-state index contributed by atoms with van der Waals surface area (Å²) in [5.41, 5.74) is 6.80. The number of carbonyl (C=O) groups is 1. The zero-order valence-corrected chi connectivity index (χ0v) is 10.1. The van der Waals surface area contributed by atoms with Gasteiger partial charge in [-0.3, -0.25) is 4.79 Å². The van der Waals surface area contributed by atoms with Gasteiger partial charge in [0.15, 0.2) is 0 Å². The number of thioether (sulfide) groups is 1. The second-order valence-electron chi connectivity index (χ2n) is 4.06. The zero-order chi connectivity index (χ0) is 11.5. The predicted molar refractivity (Wildman–Crippen MR) is 68.9 cm³/mol. The van der Waals surface area contributed by atoms with Crippen molar-refractivity contribution in [2.75, 3.05) is 11.1 Å². The Kier molecular flexibility index (Phi) is 3.39. The summed E-state index contributed by atoms with van der Waals surface area (Å²) in [6.07, 6.45) is 1.20. The van der Waals surface area contributed by atoms with Crippen LogP contribution in [0.4, 0.5) is 5.69 Å². The Bertz CT molecular complexity index is 377. The maximum absolute atomic E-state index is 10.9. The van der Waals surface area contributed by atoms with E-state index in [2.05, 4.69) is 12.2 Å². The van der Waals surface area contributed by atoms with Crippen LogP contribution in [0.2, 0.25) is 0 Å². The molecule has 2 rings (SSSR count). The predicted octanol–water partition coefficient (Wildman–Crippen LogP) is 2.09. The summed E-state index contributed by atoms with van der Waals surface area (Å²) in [5.74, 6) is 0.842. The summed E-state index contributed by atoms with van der Waals surface area (Å²) in [6, 6.07) is 7.88. The number of hydrogen-bond donors (Lipinski definition) is 2. The van der Waals surface area contributed by atoms with E-state index in [1.54, 1.807) is 12.1 Å². The number of anilines is 1. The molecule has 2 unspecified atom stereocenters. The van der Waals surface area contributed by atoms with Crippen molar-refractivity contribution in [2.24, 2.45) is 5.73 Å². The summed E-state index contributed by atoms with van der Waals surface area (Å²) in [7, 11) is 0. The highest BCUT2D eigenvalue weighted by Gasteiger charge is 2.23. The summed E-state index contributed by atoms with van der Waals surface area (Å²) in [4.78, 5) is 10.9. The van der Waals surface area contributed by atoms with Gasteiger partial charge in [0.25, 0.3) is 0 Å². The maximum Gasteiger partial charge on any atom is 0.248 e. The first-order valence-corrected chi connectivity index (χ1v) is 6.49. The first-order chi connectivity index (χ1) is 7.66. The molecule has 1 aromatic rings. The molecule has 1 amide bonds. The van der Waals surface area contributed by atoms with E-state index in [0.29, 0.717) is 16.9 Å². The number of hydrogen-bond acceptors (Lipinski definition) is 3. The van der Waals surface area contributed by atoms with Crippen molar-refractivity contribution < 1.29 is 4.79 Å². The van der Waals surface area contributed by atoms with E-state index < -0.39 is 0 Å². The fourth-order valence-corrected chi connectivity index (χ4v) is 3.06. The molecule has 3 nitrogen and oxygen atoms in total. The van der Waals surface area contributed by atoms with E-state index in [-0.39, 0.29) is 5.91 Å². The minimum atomic E-state index is -0.378. The molecule has 0 saturated carbocycles. The highest BCUT2D eigenvalue weighted by Crippen LogP contribution is 2.28. The Morgan fingerprint density at radius 2 is 2.12 bits per heavy atom. The first-order valence-electron chi connectivity index (χ1n) is 5.45. The molecular weight excluding hydrogens is 220 g/mol. The number of nitrogens with one attached hydrogen (secondary N) is 1. The van der Waals surface area contributed by atoms with Crippen molar-refractivity contribution in [2.45, 2.75) is 24.6 Å². The Morgan fingerprint density at radius 1 is 1.44 bits per heavy atom. The van der Waals surface area contributed by atoms with Crippen LogP contribution in [0.15, 0.2) is 24.3 Å². The fraction of sp³-hybridized carbons (Fsp3) is 0.417. The summed E-state index contributed by atoms with van der Waals surface area (Å²) in [5, 5.41) is 4.13. The van der Waals surface area contributed by atoms with E-state index in [1.807, 2.05) is 23.9 Å². The SMILES string of the molecule is CC1SCCC1Nc1ccc(C(N)=O)cc1. The molecule has 0 aromatic heterocycles. The average Bonchev–Trinajstić information content (AvgIpc) is 2.65. The lowest BCUT2D eigenvalue weighted by atomic mass is 10.1. The lowest BCUT2D eigenvalue weighted by Crippen LogP contribution is -2.24. The van der Waals surface area contributed by atoms with Crippen molar-refractivity contribution in [1.29, 1.82) is 0 Å². The quantitative estimate of drug-likeness (QED) is 0.845. The highest BCUT2D eigenvalue weighted by atomic mass is 32.2. The third-order valence-electron chi connectivity index (χ3n) is 2.90. The maximum atomic E-state index is 10.9. The number of primary amides is 1. The molecule has 1 aliphatic heterocycles. The number of carbonyl (C=O) groups excluding carboxylic acids is 1. The van der Waals surface area contributed by atoms with Gasteiger partial charge < -0.3 is 11.1 Å². The number of nitrogens with two attached hydrogens (primary N) is 1. The standard InChI is InChI=1S/C12H16N2OS/c1-8-11(6-7-16-8)14-10-4-2-9(3-5-10)12(13)15/h2-5,8,11,14H,6-7H2,1H3,(H2,13,15). The monoisotopic (exact) mass is 236 g/mol. The third kappa shape index (κ3) is 2.50. The van der Waals surface area contributed by atoms with Gasteiger partial charge in [0.1, 0.15) is 0 Å². The van der Waals surface area contributed by atoms with Crippen molar-refractivity contribution in [3.05, 3.63) is 29.8 Å². The molecule has 0 spiro atoms. The van der Waals surface area contributed by atoms with Crippen LogP contribution in [0.5, 0.6) is 0 Å². The molecule has 0 bridgehead atoms. The van der Waals surface area contributed by atoms with Gasteiger partial charge in [0.05, 0.1) is 0 Å². The van der Waals surface area contributed by atoms with Crippen LogP contribution in [0, 0.1) is 0 Å². The van der Waals surface area contributed by atoms with Gasteiger partial charge in [0, 0.05) is 22.5 Å². The molecule has 2 atom stereocenters. The smallest absolute Gasteiger partial charge is 0.248 e. The van der Waals surface area contributed by atoms with Crippen LogP contribution in [0.1, 0.15) is 23.7 Å². The molecule has 86 valence electrons. The van der Waals surface area contributed by atoms with Crippen LogP contribution in [0.3, 0.4) is 0 Å². The Balaban J connectivity index is 2.02. The fourth-order valence-electron chi connectivity index (χ4n) is 1.87. The van der Waals surface area contributed by atoms with E-state index in [1.165, 1.54) is 12.2 Å². The second-order valence-corrected chi connectivity index (χ2v) is 5.54. The van der Waals surface area contributed by atoms with Crippen molar-refractivity contribution >= 4 is 23.4 Å². The summed E-state index contributed by atoms with van der Waals surface area (Å²) >= 11 is 2.00. The zero-order valence-electron chi connectivity index (χ0n) is 9.27. The Morgan fingerprint density at radius 3 is 2.62 bits per heavy atom. The molecule has 0 radical (unpaired) electrons. The van der Waals surface area contributed by atoms with Crippen LogP contribution in [-0.4, -0.2) is 23.0 Å². The number of benzene rings is 1. The van der Waals surface area contributed by atoms with Gasteiger partial charge in [-0.1, -0.05) is 6.92 Å². The van der Waals surface area contributed by atoms with Crippen LogP contribution in [-0.2, 0) is 0 Å². The molecule has 1 saturated heterocycles. The van der Waals surface area contributed by atoms with E-state index >= 15 is 0 Å². The second kappa shape index (κ2) is 4.78. The normalized spacial score (nSPS) is 24.3. The molecular formula is C12H16N2OS. The van der Waals surface area contributed by atoms with Gasteiger partial charge in [-0.2, -0.15) is 11.8 Å². The van der Waals surface area contributed by atoms with E-state index in [4.69, 9.17) is 5.73 Å². The van der Waals surface area contributed by atoms with E-state index in [9.17, 15) is 4.79 Å². The molecule has 1 aliphatic rings. The molecule has 0 aliphatic carbocycles. The lowest BCUT2D eigenvalue weighted by Gasteiger charge is -2.17. The van der Waals surface area contributed by atoms with Gasteiger partial charge >= 0.3 is 0 Å². The largest absolute Gasteiger partial charge is 0.381 e. The molecule has 1 fully saturated rings. The molecule has 16 heavy (non-hydrogen) atoms. The molecule has 1 aromatic carbocycles. The van der Waals surface area contributed by atoms with Crippen LogP contribution in [0.25, 0.3) is 0 Å². The Labute approximate surface area is 99.8 Å². The van der Waals surface area contributed by atoms with Crippen molar-refractivity contribution in [1.82, 2.24) is 0 Å². The van der Waals surface area contributed by atoms with Crippen LogP contribution >= 0.6 is 11.8 Å². The van der Waals surface area contributed by atoms with Crippen molar-refractivity contribution in [3.63, 3.8) is 0 Å². The first kappa shape index (κ1) is 11.3. The summed E-state index contributed by atoms with van der Waals surface area (Å²) < 4.78 is 0. The van der Waals surface area contributed by atoms with Gasteiger partial charge in [-0.05, 0) is 36.4 Å². The Hall–Kier alpha value is -1.16. The van der Waals surface area contributed by atoms with Gasteiger partial charge in [0.2, 0.25) is 5.91 Å². The highest BCUT2D eigenvalue weighted by molar-refractivity contribution is 8.00. The minimum Gasteiger partial charge on any atom is -0.381 e. The van der Waals surface area contributed by atoms with Crippen molar-refractivity contribution in [3.8, 4) is 0 Å². The number of amides is 1. The topological polar surface area (TPSA) is 55.1 Å². The average molecular weight is 236 g/mol. The molecule has 4 heteroatoms. The molecule has 3 N–H and O–H groups in total. The lowest BCUT2D eigenvalue weighted by molar-refractivity contribution is 0.100. The summed E-state index contributed by atoms with van der Waals surface area (Å²) in [6.45, 7) is 2.24. The van der Waals surface area contributed by atoms with Crippen LogP contribution < -0.4 is 11.1 Å². The minimum absolute atomic E-state index is 0.378.